The number of hydrogen-bond donors (Lipinski definition) is 0. The Balaban J connectivity index is 2.69. The molecule has 0 aromatic heterocycles. The smallest absolute Gasteiger partial charge is 0.133 e. The zero-order chi connectivity index (χ0) is 8.97. The van der Waals surface area contributed by atoms with Gasteiger partial charge in [0.15, 0.2) is 0 Å². The number of hydrogen-bond acceptors (Lipinski definition) is 2. The van der Waals surface area contributed by atoms with E-state index in [0.717, 1.165) is 11.2 Å². The lowest BCUT2D eigenvalue weighted by atomic mass is 10.4. The molecule has 0 spiro atoms. The zero-order valence-electron chi connectivity index (χ0n) is 6.66. The highest BCUT2D eigenvalue weighted by atomic mass is 35.5. The standard InChI is InChI=1S/C9H9ClOS/c1-7(6-11)12-9-4-2-3-8(10)5-9/h2-7H,1H3. The van der Waals surface area contributed by atoms with Crippen LogP contribution in [0, 0.1) is 0 Å². The first kappa shape index (κ1) is 9.62. The molecule has 3 heteroatoms. The molecule has 0 heterocycles. The first-order chi connectivity index (χ1) is 5.72. The molecular formula is C9H9ClOS. The number of benzene rings is 1. The monoisotopic (exact) mass is 200 g/mol. The van der Waals surface area contributed by atoms with Gasteiger partial charge in [-0.1, -0.05) is 17.7 Å². The van der Waals surface area contributed by atoms with E-state index in [2.05, 4.69) is 0 Å². The lowest BCUT2D eigenvalue weighted by molar-refractivity contribution is -0.107. The van der Waals surface area contributed by atoms with Gasteiger partial charge >= 0.3 is 0 Å². The summed E-state index contributed by atoms with van der Waals surface area (Å²) in [7, 11) is 0. The van der Waals surface area contributed by atoms with Crippen molar-refractivity contribution in [2.24, 2.45) is 0 Å². The first-order valence-corrected chi connectivity index (χ1v) is 4.85. The fraction of sp³-hybridized carbons (Fsp3) is 0.222. The fourth-order valence-electron chi connectivity index (χ4n) is 0.783. The molecule has 1 aromatic carbocycles. The van der Waals surface area contributed by atoms with E-state index < -0.39 is 0 Å². The van der Waals surface area contributed by atoms with E-state index >= 15 is 0 Å². The maximum absolute atomic E-state index is 10.3. The topological polar surface area (TPSA) is 17.1 Å². The Hall–Kier alpha value is -0.470. The number of carbonyl (C=O) groups is 1. The zero-order valence-corrected chi connectivity index (χ0v) is 8.23. The molecule has 0 fully saturated rings. The summed E-state index contributed by atoms with van der Waals surface area (Å²) in [6.45, 7) is 1.86. The van der Waals surface area contributed by atoms with Crippen LogP contribution in [0.3, 0.4) is 0 Å². The Morgan fingerprint density at radius 3 is 2.92 bits per heavy atom. The van der Waals surface area contributed by atoms with Gasteiger partial charge in [0.25, 0.3) is 0 Å². The van der Waals surface area contributed by atoms with Gasteiger partial charge in [0.2, 0.25) is 0 Å². The second-order valence-electron chi connectivity index (χ2n) is 2.42. The lowest BCUT2D eigenvalue weighted by Gasteiger charge is -2.02. The molecule has 0 bridgehead atoms. The highest BCUT2D eigenvalue weighted by Gasteiger charge is 2.01. The molecule has 1 rings (SSSR count). The molecule has 0 radical (unpaired) electrons. The summed E-state index contributed by atoms with van der Waals surface area (Å²) >= 11 is 7.28. The summed E-state index contributed by atoms with van der Waals surface area (Å²) in [5, 5.41) is 0.696. The molecule has 12 heavy (non-hydrogen) atoms. The Morgan fingerprint density at radius 1 is 1.58 bits per heavy atom. The third-order valence-corrected chi connectivity index (χ3v) is 2.55. The van der Waals surface area contributed by atoms with Crippen molar-refractivity contribution in [2.75, 3.05) is 0 Å². The van der Waals surface area contributed by atoms with Crippen molar-refractivity contribution in [2.45, 2.75) is 17.1 Å². The quantitative estimate of drug-likeness (QED) is 0.551. The van der Waals surface area contributed by atoms with Crippen LogP contribution >= 0.6 is 23.4 Å². The van der Waals surface area contributed by atoms with Crippen LogP contribution in [-0.2, 0) is 4.79 Å². The normalized spacial score (nSPS) is 12.5. The third kappa shape index (κ3) is 2.88. The molecular weight excluding hydrogens is 192 g/mol. The van der Waals surface area contributed by atoms with Gasteiger partial charge in [-0.15, -0.1) is 11.8 Å². The van der Waals surface area contributed by atoms with Gasteiger partial charge < -0.3 is 4.79 Å². The number of halogens is 1. The van der Waals surface area contributed by atoms with E-state index in [1.165, 1.54) is 11.8 Å². The molecule has 1 unspecified atom stereocenters. The minimum atomic E-state index is -0.0107. The Kier molecular flexibility index (Phi) is 3.63. The van der Waals surface area contributed by atoms with Crippen LogP contribution in [0.15, 0.2) is 29.2 Å². The van der Waals surface area contributed by atoms with Crippen molar-refractivity contribution in [1.82, 2.24) is 0 Å². The Labute approximate surface area is 81.1 Å². The molecule has 0 aliphatic heterocycles. The summed E-state index contributed by atoms with van der Waals surface area (Å²) in [5.41, 5.74) is 0. The van der Waals surface area contributed by atoms with Gasteiger partial charge in [-0.05, 0) is 25.1 Å². The van der Waals surface area contributed by atoms with Crippen molar-refractivity contribution >= 4 is 29.6 Å². The average Bonchev–Trinajstić information content (AvgIpc) is 2.04. The average molecular weight is 201 g/mol. The number of carbonyl (C=O) groups excluding carboxylic acids is 1. The van der Waals surface area contributed by atoms with Crippen LogP contribution in [0.25, 0.3) is 0 Å². The number of rotatable bonds is 3. The van der Waals surface area contributed by atoms with Crippen molar-refractivity contribution in [1.29, 1.82) is 0 Å². The van der Waals surface area contributed by atoms with Gasteiger partial charge in [-0.2, -0.15) is 0 Å². The number of thioether (sulfide) groups is 1. The molecule has 1 nitrogen and oxygen atoms in total. The van der Waals surface area contributed by atoms with E-state index in [1.54, 1.807) is 0 Å². The minimum Gasteiger partial charge on any atom is -0.302 e. The largest absolute Gasteiger partial charge is 0.302 e. The molecule has 0 saturated heterocycles. The molecule has 0 N–H and O–H groups in total. The van der Waals surface area contributed by atoms with Gasteiger partial charge in [-0.25, -0.2) is 0 Å². The molecule has 0 aliphatic rings. The molecule has 0 amide bonds. The van der Waals surface area contributed by atoms with E-state index in [4.69, 9.17) is 11.6 Å². The Morgan fingerprint density at radius 2 is 2.33 bits per heavy atom. The van der Waals surface area contributed by atoms with Crippen LogP contribution in [0.1, 0.15) is 6.92 Å². The summed E-state index contributed by atoms with van der Waals surface area (Å²) in [5.74, 6) is 0. The predicted octanol–water partition coefficient (Wildman–Crippen LogP) is 3.02. The molecule has 0 saturated carbocycles. The van der Waals surface area contributed by atoms with Crippen LogP contribution in [0.5, 0.6) is 0 Å². The van der Waals surface area contributed by atoms with Crippen molar-refractivity contribution < 1.29 is 4.79 Å². The maximum atomic E-state index is 10.3. The Bertz CT molecular complexity index is 275. The fourth-order valence-corrected chi connectivity index (χ4v) is 1.87. The third-order valence-electron chi connectivity index (χ3n) is 1.31. The van der Waals surface area contributed by atoms with Gasteiger partial charge in [-0.3, -0.25) is 0 Å². The predicted molar refractivity (Wildman–Crippen MR) is 52.8 cm³/mol. The number of aldehydes is 1. The second kappa shape index (κ2) is 4.53. The molecule has 64 valence electrons. The van der Waals surface area contributed by atoms with Crippen molar-refractivity contribution in [3.63, 3.8) is 0 Å². The van der Waals surface area contributed by atoms with Crippen LogP contribution in [0.2, 0.25) is 5.02 Å². The van der Waals surface area contributed by atoms with Gasteiger partial charge in [0.05, 0.1) is 5.25 Å². The maximum Gasteiger partial charge on any atom is 0.133 e. The summed E-state index contributed by atoms with van der Waals surface area (Å²) in [6, 6.07) is 7.49. The minimum absolute atomic E-state index is 0.0107. The summed E-state index contributed by atoms with van der Waals surface area (Å²) < 4.78 is 0. The van der Waals surface area contributed by atoms with E-state index in [9.17, 15) is 4.79 Å². The van der Waals surface area contributed by atoms with E-state index in [1.807, 2.05) is 31.2 Å². The molecule has 1 atom stereocenters. The van der Waals surface area contributed by atoms with Gasteiger partial charge in [0.1, 0.15) is 6.29 Å². The summed E-state index contributed by atoms with van der Waals surface area (Å²) in [4.78, 5) is 11.4. The SMILES string of the molecule is CC(C=O)Sc1cccc(Cl)c1. The first-order valence-electron chi connectivity index (χ1n) is 3.60. The molecule has 1 aromatic rings. The van der Waals surface area contributed by atoms with E-state index in [0.29, 0.717) is 5.02 Å². The second-order valence-corrected chi connectivity index (χ2v) is 4.30. The highest BCUT2D eigenvalue weighted by molar-refractivity contribution is 8.00. The highest BCUT2D eigenvalue weighted by Crippen LogP contribution is 2.24. The van der Waals surface area contributed by atoms with Crippen LogP contribution in [-0.4, -0.2) is 11.5 Å². The molecule has 0 aliphatic carbocycles. The van der Waals surface area contributed by atoms with Crippen LogP contribution in [0.4, 0.5) is 0 Å². The van der Waals surface area contributed by atoms with Crippen molar-refractivity contribution in [3.8, 4) is 0 Å². The van der Waals surface area contributed by atoms with E-state index in [-0.39, 0.29) is 5.25 Å². The summed E-state index contributed by atoms with van der Waals surface area (Å²) in [6.07, 6.45) is 0.922. The van der Waals surface area contributed by atoms with Gasteiger partial charge in [0, 0.05) is 9.92 Å². The lowest BCUT2D eigenvalue weighted by Crippen LogP contribution is -1.95. The van der Waals surface area contributed by atoms with Crippen LogP contribution < -0.4 is 0 Å². The van der Waals surface area contributed by atoms with Crippen molar-refractivity contribution in [3.05, 3.63) is 29.3 Å².